The number of hydrogen-bond acceptors (Lipinski definition) is 2. The first kappa shape index (κ1) is 13.2. The summed E-state index contributed by atoms with van der Waals surface area (Å²) in [5.41, 5.74) is 2.27. The lowest BCUT2D eigenvalue weighted by atomic mass is 10.00. The maximum absolute atomic E-state index is 11.1. The Morgan fingerprint density at radius 1 is 1.50 bits per heavy atom. The van der Waals surface area contributed by atoms with Crippen molar-refractivity contribution < 1.29 is 9.53 Å². The Morgan fingerprint density at radius 2 is 2.28 bits per heavy atom. The van der Waals surface area contributed by atoms with Crippen LogP contribution in [0, 0.1) is 0 Å². The van der Waals surface area contributed by atoms with E-state index in [1.807, 2.05) is 12.1 Å². The molecule has 3 nitrogen and oxygen atoms in total. The molecule has 1 heterocycles. The number of halogens is 1. The monoisotopic (exact) mass is 267 g/mol. The second kappa shape index (κ2) is 5.19. The molecule has 0 spiro atoms. The molecule has 4 heteroatoms. The first-order valence-corrected chi connectivity index (χ1v) is 6.68. The fourth-order valence-electron chi connectivity index (χ4n) is 2.26. The summed E-state index contributed by atoms with van der Waals surface area (Å²) in [6.07, 6.45) is 1.70. The van der Waals surface area contributed by atoms with Crippen LogP contribution in [0.15, 0.2) is 18.2 Å². The molecule has 1 aromatic rings. The van der Waals surface area contributed by atoms with Crippen molar-refractivity contribution in [2.75, 3.05) is 12.4 Å². The molecule has 18 heavy (non-hydrogen) atoms. The third kappa shape index (κ3) is 2.96. The average molecular weight is 268 g/mol. The van der Waals surface area contributed by atoms with Gasteiger partial charge in [-0.2, -0.15) is 0 Å². The van der Waals surface area contributed by atoms with E-state index in [1.54, 1.807) is 0 Å². The molecule has 1 amide bonds. The van der Waals surface area contributed by atoms with Gasteiger partial charge in [0.2, 0.25) is 5.91 Å². The van der Waals surface area contributed by atoms with Gasteiger partial charge in [0, 0.05) is 13.0 Å². The highest BCUT2D eigenvalue weighted by Crippen LogP contribution is 2.37. The molecule has 1 aromatic carbocycles. The molecule has 1 aliphatic heterocycles. The second-order valence-corrected chi connectivity index (χ2v) is 5.44. The molecular formula is C14H18ClNO2. The molecule has 0 fully saturated rings. The van der Waals surface area contributed by atoms with Gasteiger partial charge in [0.15, 0.2) is 0 Å². The fraction of sp³-hybridized carbons (Fsp3) is 0.500. The van der Waals surface area contributed by atoms with Crippen LogP contribution in [0.4, 0.5) is 0 Å². The Labute approximate surface area is 112 Å². The molecule has 1 N–H and O–H groups in total. The highest BCUT2D eigenvalue weighted by atomic mass is 35.5. The van der Waals surface area contributed by atoms with Crippen molar-refractivity contribution in [1.82, 2.24) is 5.32 Å². The number of alkyl halides is 1. The number of para-hydroxylation sites is 1. The number of carbonyl (C=O) groups is 1. The lowest BCUT2D eigenvalue weighted by molar-refractivity contribution is -0.118. The Hall–Kier alpha value is -1.22. The van der Waals surface area contributed by atoms with Crippen LogP contribution >= 0.6 is 11.6 Å². The largest absolute Gasteiger partial charge is 0.487 e. The standard InChI is InChI=1S/C14H18ClNO2/c1-14(2)8-11-5-3-4-10(13(11)18-14)6-7-16-12(17)9-15/h3-5H,6-9H2,1-2H3,(H,16,17). The van der Waals surface area contributed by atoms with E-state index in [9.17, 15) is 4.79 Å². The summed E-state index contributed by atoms with van der Waals surface area (Å²) in [6.45, 7) is 4.77. The van der Waals surface area contributed by atoms with Gasteiger partial charge in [-0.05, 0) is 31.4 Å². The number of ether oxygens (including phenoxy) is 1. The van der Waals surface area contributed by atoms with Crippen molar-refractivity contribution in [2.24, 2.45) is 0 Å². The molecule has 0 unspecified atom stereocenters. The molecule has 0 saturated carbocycles. The topological polar surface area (TPSA) is 38.3 Å². The van der Waals surface area contributed by atoms with Gasteiger partial charge >= 0.3 is 0 Å². The molecule has 0 saturated heterocycles. The van der Waals surface area contributed by atoms with Crippen molar-refractivity contribution in [1.29, 1.82) is 0 Å². The third-order valence-electron chi connectivity index (χ3n) is 3.01. The highest BCUT2D eigenvalue weighted by Gasteiger charge is 2.31. The minimum atomic E-state index is -0.134. The van der Waals surface area contributed by atoms with Gasteiger partial charge in [0.05, 0.1) is 0 Å². The van der Waals surface area contributed by atoms with Gasteiger partial charge < -0.3 is 10.1 Å². The highest BCUT2D eigenvalue weighted by molar-refractivity contribution is 6.27. The predicted octanol–water partition coefficient (Wildman–Crippen LogP) is 2.30. The van der Waals surface area contributed by atoms with Gasteiger partial charge in [-0.25, -0.2) is 0 Å². The average Bonchev–Trinajstić information content (AvgIpc) is 2.63. The van der Waals surface area contributed by atoms with Crippen molar-refractivity contribution in [3.05, 3.63) is 29.3 Å². The molecule has 0 aromatic heterocycles. The minimum Gasteiger partial charge on any atom is -0.487 e. The molecule has 0 radical (unpaired) electrons. The summed E-state index contributed by atoms with van der Waals surface area (Å²) in [6, 6.07) is 6.19. The van der Waals surface area contributed by atoms with Crippen molar-refractivity contribution in [2.45, 2.75) is 32.3 Å². The zero-order valence-corrected chi connectivity index (χ0v) is 11.5. The quantitative estimate of drug-likeness (QED) is 0.850. The number of amides is 1. The molecule has 98 valence electrons. The van der Waals surface area contributed by atoms with Crippen LogP contribution in [0.3, 0.4) is 0 Å². The van der Waals surface area contributed by atoms with Crippen LogP contribution in [0.25, 0.3) is 0 Å². The van der Waals surface area contributed by atoms with Gasteiger partial charge in [-0.3, -0.25) is 4.79 Å². The Morgan fingerprint density at radius 3 is 3.00 bits per heavy atom. The predicted molar refractivity (Wildman–Crippen MR) is 72.3 cm³/mol. The van der Waals surface area contributed by atoms with E-state index in [0.717, 1.165) is 24.2 Å². The van der Waals surface area contributed by atoms with E-state index in [2.05, 4.69) is 25.2 Å². The number of nitrogens with one attached hydrogen (secondary N) is 1. The van der Waals surface area contributed by atoms with Crippen LogP contribution in [-0.2, 0) is 17.6 Å². The van der Waals surface area contributed by atoms with Crippen LogP contribution < -0.4 is 10.1 Å². The van der Waals surface area contributed by atoms with Gasteiger partial charge in [0.1, 0.15) is 17.2 Å². The summed E-state index contributed by atoms with van der Waals surface area (Å²) in [7, 11) is 0. The Kier molecular flexibility index (Phi) is 3.81. The van der Waals surface area contributed by atoms with Crippen LogP contribution in [-0.4, -0.2) is 23.9 Å². The number of benzene rings is 1. The fourth-order valence-corrected chi connectivity index (χ4v) is 2.35. The summed E-state index contributed by atoms with van der Waals surface area (Å²) in [5.74, 6) is 0.865. The van der Waals surface area contributed by atoms with Crippen molar-refractivity contribution in [3.63, 3.8) is 0 Å². The van der Waals surface area contributed by atoms with Crippen LogP contribution in [0.2, 0.25) is 0 Å². The van der Waals surface area contributed by atoms with Crippen molar-refractivity contribution >= 4 is 17.5 Å². The number of fused-ring (bicyclic) bond motifs is 1. The summed E-state index contributed by atoms with van der Waals surface area (Å²) >= 11 is 5.43. The smallest absolute Gasteiger partial charge is 0.234 e. The maximum Gasteiger partial charge on any atom is 0.234 e. The van der Waals surface area contributed by atoms with Gasteiger partial charge in [-0.1, -0.05) is 18.2 Å². The molecule has 1 aliphatic rings. The van der Waals surface area contributed by atoms with Crippen molar-refractivity contribution in [3.8, 4) is 5.75 Å². The number of hydrogen-bond donors (Lipinski definition) is 1. The van der Waals surface area contributed by atoms with E-state index < -0.39 is 0 Å². The third-order valence-corrected chi connectivity index (χ3v) is 3.25. The Bertz CT molecular complexity index is 457. The summed E-state index contributed by atoms with van der Waals surface area (Å²) in [4.78, 5) is 11.1. The summed E-state index contributed by atoms with van der Waals surface area (Å²) in [5, 5.41) is 2.77. The molecule has 0 bridgehead atoms. The second-order valence-electron chi connectivity index (χ2n) is 5.18. The molecular weight excluding hydrogens is 250 g/mol. The number of rotatable bonds is 4. The van der Waals surface area contributed by atoms with Crippen LogP contribution in [0.1, 0.15) is 25.0 Å². The first-order valence-electron chi connectivity index (χ1n) is 6.14. The van der Waals surface area contributed by atoms with E-state index in [1.165, 1.54) is 5.56 Å². The van der Waals surface area contributed by atoms with E-state index in [0.29, 0.717) is 6.54 Å². The normalized spacial score (nSPS) is 15.9. The minimum absolute atomic E-state index is 0.0103. The summed E-state index contributed by atoms with van der Waals surface area (Å²) < 4.78 is 5.97. The number of carbonyl (C=O) groups excluding carboxylic acids is 1. The van der Waals surface area contributed by atoms with E-state index in [4.69, 9.17) is 16.3 Å². The first-order chi connectivity index (χ1) is 8.52. The molecule has 0 atom stereocenters. The SMILES string of the molecule is CC1(C)Cc2cccc(CCNC(=O)CCl)c2O1. The lowest BCUT2D eigenvalue weighted by Gasteiger charge is -2.18. The van der Waals surface area contributed by atoms with E-state index >= 15 is 0 Å². The molecule has 2 rings (SSSR count). The van der Waals surface area contributed by atoms with Gasteiger partial charge in [-0.15, -0.1) is 11.6 Å². The Balaban J connectivity index is 2.03. The maximum atomic E-state index is 11.1. The zero-order chi connectivity index (χ0) is 13.2. The van der Waals surface area contributed by atoms with E-state index in [-0.39, 0.29) is 17.4 Å². The molecule has 0 aliphatic carbocycles. The lowest BCUT2D eigenvalue weighted by Crippen LogP contribution is -2.27. The van der Waals surface area contributed by atoms with Gasteiger partial charge in [0.25, 0.3) is 0 Å². The van der Waals surface area contributed by atoms with Crippen LogP contribution in [0.5, 0.6) is 5.75 Å². The zero-order valence-electron chi connectivity index (χ0n) is 10.8.